The molecule has 6 nitrogen and oxygen atoms in total. The van der Waals surface area contributed by atoms with Gasteiger partial charge in [0.15, 0.2) is 0 Å². The number of hydrogen-bond acceptors (Lipinski definition) is 4. The number of phenols is 1. The highest BCUT2D eigenvalue weighted by Crippen LogP contribution is 2.54. The van der Waals surface area contributed by atoms with E-state index in [-0.39, 0.29) is 5.75 Å². The van der Waals surface area contributed by atoms with Gasteiger partial charge in [-0.3, -0.25) is 4.68 Å². The average Bonchev–Trinajstić information content (AvgIpc) is 3.31. The molecule has 1 aliphatic heterocycles. The fourth-order valence-corrected chi connectivity index (χ4v) is 6.13. The average molecular weight is 450 g/mol. The quantitative estimate of drug-likeness (QED) is 0.408. The fourth-order valence-electron chi connectivity index (χ4n) is 6.13. The molecule has 1 saturated heterocycles. The Labute approximate surface area is 197 Å². The summed E-state index contributed by atoms with van der Waals surface area (Å²) in [5.74, 6) is 1.87. The third-order valence-electron chi connectivity index (χ3n) is 7.98. The lowest BCUT2D eigenvalue weighted by Gasteiger charge is -2.54. The number of rotatable bonds is 3. The number of aromatic nitrogens is 4. The van der Waals surface area contributed by atoms with Gasteiger partial charge in [0.25, 0.3) is 0 Å². The Morgan fingerprint density at radius 3 is 2.62 bits per heavy atom. The molecule has 0 bridgehead atoms. The topological polar surface area (TPSA) is 67.9 Å². The summed E-state index contributed by atoms with van der Waals surface area (Å²) in [6.07, 6.45) is 4.28. The number of fused-ring (bicyclic) bond motifs is 2. The Hall–Kier alpha value is -3.64. The molecular formula is C28H27N5O. The van der Waals surface area contributed by atoms with Crippen LogP contribution < -0.4 is 5.32 Å². The third-order valence-corrected chi connectivity index (χ3v) is 7.98. The molecule has 0 atom stereocenters. The maximum absolute atomic E-state index is 10.6. The summed E-state index contributed by atoms with van der Waals surface area (Å²) in [6, 6.07) is 18.4. The normalized spacial score (nSPS) is 17.4. The lowest BCUT2D eigenvalue weighted by molar-refractivity contribution is 0.0321. The second kappa shape index (κ2) is 6.93. The van der Waals surface area contributed by atoms with Crippen LogP contribution in [-0.2, 0) is 14.1 Å². The Morgan fingerprint density at radius 1 is 1.00 bits per heavy atom. The van der Waals surface area contributed by atoms with Crippen LogP contribution in [0.4, 0.5) is 0 Å². The number of nitrogens with one attached hydrogen (secondary N) is 1. The summed E-state index contributed by atoms with van der Waals surface area (Å²) in [4.78, 5) is 5.29. The molecule has 3 heterocycles. The molecule has 170 valence electrons. The summed E-state index contributed by atoms with van der Waals surface area (Å²) in [6.45, 7) is 2.25. The van der Waals surface area contributed by atoms with Crippen LogP contribution in [0.3, 0.4) is 0 Å². The van der Waals surface area contributed by atoms with E-state index in [1.54, 1.807) is 0 Å². The Bertz CT molecular complexity index is 1580. The van der Waals surface area contributed by atoms with Crippen molar-refractivity contribution in [3.8, 4) is 28.3 Å². The Morgan fingerprint density at radius 2 is 1.82 bits per heavy atom. The third kappa shape index (κ3) is 2.78. The lowest BCUT2D eigenvalue weighted by atomic mass is 9.58. The number of hydrogen-bond donors (Lipinski definition) is 2. The lowest BCUT2D eigenvalue weighted by Crippen LogP contribution is -2.59. The molecular weight excluding hydrogens is 422 g/mol. The highest BCUT2D eigenvalue weighted by atomic mass is 16.3. The van der Waals surface area contributed by atoms with Crippen LogP contribution in [0.25, 0.3) is 44.2 Å². The monoisotopic (exact) mass is 449 g/mol. The van der Waals surface area contributed by atoms with E-state index in [4.69, 9.17) is 4.98 Å². The summed E-state index contributed by atoms with van der Waals surface area (Å²) in [7, 11) is 4.10. The molecule has 1 saturated carbocycles. The second-order valence-electron chi connectivity index (χ2n) is 10.2. The van der Waals surface area contributed by atoms with Crippen LogP contribution in [-0.4, -0.2) is 37.5 Å². The van der Waals surface area contributed by atoms with Gasteiger partial charge in [-0.25, -0.2) is 4.98 Å². The van der Waals surface area contributed by atoms with Crippen molar-refractivity contribution >= 4 is 21.7 Å². The van der Waals surface area contributed by atoms with Crippen molar-refractivity contribution in [3.05, 3.63) is 66.6 Å². The molecule has 1 aliphatic carbocycles. The van der Waals surface area contributed by atoms with E-state index < -0.39 is 0 Å². The molecule has 1 spiro atoms. The zero-order valence-corrected chi connectivity index (χ0v) is 19.4. The van der Waals surface area contributed by atoms with Gasteiger partial charge in [0, 0.05) is 49.6 Å². The molecule has 34 heavy (non-hydrogen) atoms. The van der Waals surface area contributed by atoms with E-state index in [1.165, 1.54) is 12.8 Å². The first-order valence-corrected chi connectivity index (χ1v) is 11.9. The van der Waals surface area contributed by atoms with Crippen LogP contribution in [0.5, 0.6) is 5.75 Å². The van der Waals surface area contributed by atoms with Gasteiger partial charge in [-0.2, -0.15) is 5.10 Å². The van der Waals surface area contributed by atoms with E-state index in [9.17, 15) is 5.11 Å². The molecule has 2 aromatic heterocycles. The van der Waals surface area contributed by atoms with Crippen molar-refractivity contribution in [3.63, 3.8) is 0 Å². The van der Waals surface area contributed by atoms with E-state index in [1.807, 2.05) is 36.1 Å². The smallest absolute Gasteiger partial charge is 0.116 e. The minimum atomic E-state index is 0.272. The molecule has 0 amide bonds. The predicted molar refractivity (Wildman–Crippen MR) is 135 cm³/mol. The van der Waals surface area contributed by atoms with E-state index in [2.05, 4.69) is 58.4 Å². The standard InChI is InChI=1S/C28H27N5O/c1-32-26(23-11-21(34)10-17-5-3-4-6-22(17)23)25(18-7-8-24-19(9-18)14-30-33(24)2)31-27(32)20-12-28(13-20)15-29-16-28/h3-11,14,20,29,34H,12-13,15-16H2,1-2H3. The van der Waals surface area contributed by atoms with Crippen LogP contribution in [0, 0.1) is 5.41 Å². The van der Waals surface area contributed by atoms with Crippen molar-refractivity contribution in [2.75, 3.05) is 13.1 Å². The van der Waals surface area contributed by atoms with E-state index in [0.29, 0.717) is 11.3 Å². The number of benzene rings is 3. The van der Waals surface area contributed by atoms with Gasteiger partial charge >= 0.3 is 0 Å². The zero-order chi connectivity index (χ0) is 23.0. The van der Waals surface area contributed by atoms with Crippen LogP contribution >= 0.6 is 0 Å². The Balaban J connectivity index is 1.46. The molecule has 7 rings (SSSR count). The maximum Gasteiger partial charge on any atom is 0.116 e. The summed E-state index contributed by atoms with van der Waals surface area (Å²) >= 11 is 0. The maximum atomic E-state index is 10.6. The SMILES string of the molecule is Cn1c(C2CC3(CNC3)C2)nc(-c2ccc3c(cnn3C)c2)c1-c1cc(O)cc2ccccc12. The number of aromatic hydroxyl groups is 1. The first kappa shape index (κ1) is 19.8. The molecule has 3 aromatic carbocycles. The first-order valence-electron chi connectivity index (χ1n) is 11.9. The minimum Gasteiger partial charge on any atom is -0.508 e. The van der Waals surface area contributed by atoms with E-state index in [0.717, 1.165) is 63.1 Å². The zero-order valence-electron chi connectivity index (χ0n) is 19.4. The number of imidazole rings is 1. The molecule has 2 N–H and O–H groups in total. The summed E-state index contributed by atoms with van der Waals surface area (Å²) in [5.41, 5.74) is 5.68. The molecule has 5 aromatic rings. The molecule has 0 unspecified atom stereocenters. The van der Waals surface area contributed by atoms with Crippen LogP contribution in [0.15, 0.2) is 60.8 Å². The minimum absolute atomic E-state index is 0.272. The fraction of sp³-hybridized carbons (Fsp3) is 0.286. The molecule has 0 radical (unpaired) electrons. The number of phenolic OH excluding ortho intramolecular Hbond substituents is 1. The van der Waals surface area contributed by atoms with Gasteiger partial charge in [0.05, 0.1) is 23.1 Å². The summed E-state index contributed by atoms with van der Waals surface area (Å²) < 4.78 is 4.17. The van der Waals surface area contributed by atoms with Gasteiger partial charge in [0.1, 0.15) is 11.6 Å². The van der Waals surface area contributed by atoms with Crippen molar-refractivity contribution < 1.29 is 5.11 Å². The van der Waals surface area contributed by atoms with Gasteiger partial charge < -0.3 is 15.0 Å². The first-order chi connectivity index (χ1) is 16.5. The number of aryl methyl sites for hydroxylation is 1. The van der Waals surface area contributed by atoms with Crippen LogP contribution in [0.2, 0.25) is 0 Å². The number of nitrogens with zero attached hydrogens (tertiary/aromatic N) is 4. The highest BCUT2D eigenvalue weighted by Gasteiger charge is 2.50. The Kier molecular flexibility index (Phi) is 4.04. The van der Waals surface area contributed by atoms with E-state index >= 15 is 0 Å². The highest BCUT2D eigenvalue weighted by molar-refractivity contribution is 6.00. The van der Waals surface area contributed by atoms with Crippen LogP contribution in [0.1, 0.15) is 24.6 Å². The second-order valence-corrected chi connectivity index (χ2v) is 10.2. The summed E-state index contributed by atoms with van der Waals surface area (Å²) in [5, 5.41) is 21.7. The molecule has 2 fully saturated rings. The van der Waals surface area contributed by atoms with Gasteiger partial charge in [-0.1, -0.05) is 30.3 Å². The van der Waals surface area contributed by atoms with Crippen molar-refractivity contribution in [2.45, 2.75) is 18.8 Å². The molecule has 2 aliphatic rings. The van der Waals surface area contributed by atoms with Crippen molar-refractivity contribution in [1.29, 1.82) is 0 Å². The predicted octanol–water partition coefficient (Wildman–Crippen LogP) is 4.97. The molecule has 6 heteroatoms. The van der Waals surface area contributed by atoms with Crippen molar-refractivity contribution in [1.82, 2.24) is 24.6 Å². The largest absolute Gasteiger partial charge is 0.508 e. The van der Waals surface area contributed by atoms with Gasteiger partial charge in [-0.05, 0) is 53.3 Å². The van der Waals surface area contributed by atoms with Crippen molar-refractivity contribution in [2.24, 2.45) is 19.5 Å². The van der Waals surface area contributed by atoms with Gasteiger partial charge in [0.2, 0.25) is 0 Å². The van der Waals surface area contributed by atoms with Gasteiger partial charge in [-0.15, -0.1) is 0 Å².